The number of nitrogens with one attached hydrogen (secondary N) is 1. The Labute approximate surface area is 141 Å². The average Bonchev–Trinajstić information content (AvgIpc) is 2.60. The summed E-state index contributed by atoms with van der Waals surface area (Å²) in [5.74, 6) is -0.471. The van der Waals surface area contributed by atoms with Gasteiger partial charge in [-0.25, -0.2) is 4.39 Å². The summed E-state index contributed by atoms with van der Waals surface area (Å²) in [7, 11) is 0. The minimum absolute atomic E-state index is 0.0827. The van der Waals surface area contributed by atoms with Crippen LogP contribution in [-0.4, -0.2) is 18.2 Å². The third-order valence-corrected chi connectivity index (χ3v) is 3.82. The van der Waals surface area contributed by atoms with E-state index >= 15 is 0 Å². The lowest BCUT2D eigenvalue weighted by Crippen LogP contribution is -2.24. The van der Waals surface area contributed by atoms with Crippen molar-refractivity contribution in [2.24, 2.45) is 0 Å². The molecule has 0 aliphatic rings. The zero-order valence-electron chi connectivity index (χ0n) is 13.8. The van der Waals surface area contributed by atoms with Gasteiger partial charge in [-0.15, -0.1) is 0 Å². The van der Waals surface area contributed by atoms with E-state index in [-0.39, 0.29) is 30.3 Å². The molecule has 0 aliphatic carbocycles. The number of benzene rings is 2. The Morgan fingerprint density at radius 1 is 1.00 bits per heavy atom. The van der Waals surface area contributed by atoms with Gasteiger partial charge in [-0.1, -0.05) is 55.8 Å². The number of carbonyl (C=O) groups is 2. The lowest BCUT2D eigenvalue weighted by Gasteiger charge is -2.06. The molecule has 1 N–H and O–H groups in total. The van der Waals surface area contributed by atoms with Crippen LogP contribution in [0.5, 0.6) is 0 Å². The third kappa shape index (κ3) is 5.01. The van der Waals surface area contributed by atoms with Crippen LogP contribution in [0, 0.1) is 5.82 Å². The lowest BCUT2D eigenvalue weighted by atomic mass is 10.0. The Morgan fingerprint density at radius 3 is 2.38 bits per heavy atom. The van der Waals surface area contributed by atoms with Gasteiger partial charge < -0.3 is 5.32 Å². The number of hydrogen-bond donors (Lipinski definition) is 1. The van der Waals surface area contributed by atoms with Gasteiger partial charge in [-0.3, -0.25) is 9.59 Å². The standard InChI is InChI=1S/C20H22FNO2/c1-2-3-14-22-20(24)13-12-19(23)16-10-8-15(9-11-16)17-6-4-5-7-18(17)21/h4-11H,2-3,12-14H2,1H3,(H,22,24). The number of unbranched alkanes of at least 4 members (excludes halogenated alkanes) is 1. The molecule has 2 aromatic carbocycles. The molecule has 3 nitrogen and oxygen atoms in total. The van der Waals surface area contributed by atoms with E-state index in [4.69, 9.17) is 0 Å². The largest absolute Gasteiger partial charge is 0.356 e. The first-order chi connectivity index (χ1) is 11.6. The molecule has 0 unspecified atom stereocenters. The zero-order valence-corrected chi connectivity index (χ0v) is 13.8. The second kappa shape index (κ2) is 8.96. The van der Waals surface area contributed by atoms with E-state index in [0.717, 1.165) is 18.4 Å². The van der Waals surface area contributed by atoms with Gasteiger partial charge in [-0.2, -0.15) is 0 Å². The number of ketones is 1. The highest BCUT2D eigenvalue weighted by atomic mass is 19.1. The van der Waals surface area contributed by atoms with Gasteiger partial charge in [0.2, 0.25) is 5.91 Å². The monoisotopic (exact) mass is 327 g/mol. The SMILES string of the molecule is CCCCNC(=O)CCC(=O)c1ccc(-c2ccccc2F)cc1. The van der Waals surface area contributed by atoms with Crippen molar-refractivity contribution in [3.63, 3.8) is 0 Å². The smallest absolute Gasteiger partial charge is 0.220 e. The summed E-state index contributed by atoms with van der Waals surface area (Å²) >= 11 is 0. The Hall–Kier alpha value is -2.49. The van der Waals surface area contributed by atoms with E-state index in [1.807, 2.05) is 0 Å². The van der Waals surface area contributed by atoms with Gasteiger partial charge in [0.25, 0.3) is 0 Å². The average molecular weight is 327 g/mol. The summed E-state index contributed by atoms with van der Waals surface area (Å²) in [5.41, 5.74) is 1.77. The highest BCUT2D eigenvalue weighted by molar-refractivity contribution is 5.98. The molecular formula is C20H22FNO2. The molecular weight excluding hydrogens is 305 g/mol. The van der Waals surface area contributed by atoms with Crippen molar-refractivity contribution in [1.29, 1.82) is 0 Å². The number of Topliss-reactive ketones (excluding diaryl/α,β-unsaturated/α-hetero) is 1. The summed E-state index contributed by atoms with van der Waals surface area (Å²) in [4.78, 5) is 23.8. The Morgan fingerprint density at radius 2 is 1.71 bits per heavy atom. The van der Waals surface area contributed by atoms with Crippen LogP contribution < -0.4 is 5.32 Å². The van der Waals surface area contributed by atoms with Gasteiger partial charge in [0.1, 0.15) is 5.82 Å². The van der Waals surface area contributed by atoms with Crippen molar-refractivity contribution in [2.45, 2.75) is 32.6 Å². The number of halogens is 1. The van der Waals surface area contributed by atoms with Crippen molar-refractivity contribution in [3.8, 4) is 11.1 Å². The van der Waals surface area contributed by atoms with Crippen LogP contribution in [0.4, 0.5) is 4.39 Å². The summed E-state index contributed by atoms with van der Waals surface area (Å²) in [6, 6.07) is 13.3. The molecule has 0 heterocycles. The lowest BCUT2D eigenvalue weighted by molar-refractivity contribution is -0.121. The fraction of sp³-hybridized carbons (Fsp3) is 0.300. The molecule has 2 rings (SSSR count). The van der Waals surface area contributed by atoms with E-state index in [9.17, 15) is 14.0 Å². The summed E-state index contributed by atoms with van der Waals surface area (Å²) in [6.07, 6.45) is 2.33. The van der Waals surface area contributed by atoms with E-state index < -0.39 is 0 Å². The van der Waals surface area contributed by atoms with E-state index in [1.54, 1.807) is 42.5 Å². The van der Waals surface area contributed by atoms with E-state index in [2.05, 4.69) is 12.2 Å². The maximum absolute atomic E-state index is 13.8. The first-order valence-electron chi connectivity index (χ1n) is 8.26. The fourth-order valence-corrected chi connectivity index (χ4v) is 2.40. The Bertz CT molecular complexity index is 695. The van der Waals surface area contributed by atoms with Gasteiger partial charge in [0.15, 0.2) is 5.78 Å². The molecule has 0 saturated heterocycles. The van der Waals surface area contributed by atoms with Crippen molar-refractivity contribution in [1.82, 2.24) is 5.32 Å². The fourth-order valence-electron chi connectivity index (χ4n) is 2.40. The van der Waals surface area contributed by atoms with Crippen molar-refractivity contribution < 1.29 is 14.0 Å². The third-order valence-electron chi connectivity index (χ3n) is 3.82. The molecule has 4 heteroatoms. The molecule has 0 radical (unpaired) electrons. The molecule has 0 aromatic heterocycles. The highest BCUT2D eigenvalue weighted by Crippen LogP contribution is 2.23. The molecule has 0 bridgehead atoms. The van der Waals surface area contributed by atoms with Crippen LogP contribution in [-0.2, 0) is 4.79 Å². The van der Waals surface area contributed by atoms with Crippen LogP contribution in [0.25, 0.3) is 11.1 Å². The maximum Gasteiger partial charge on any atom is 0.220 e. The number of amides is 1. The van der Waals surface area contributed by atoms with Crippen molar-refractivity contribution in [3.05, 3.63) is 59.9 Å². The van der Waals surface area contributed by atoms with Crippen LogP contribution in [0.2, 0.25) is 0 Å². The topological polar surface area (TPSA) is 46.2 Å². The second-order valence-electron chi connectivity index (χ2n) is 5.68. The van der Waals surface area contributed by atoms with Crippen LogP contribution in [0.15, 0.2) is 48.5 Å². The Kier molecular flexibility index (Phi) is 6.67. The van der Waals surface area contributed by atoms with Gasteiger partial charge in [0, 0.05) is 30.5 Å². The number of carbonyl (C=O) groups excluding carboxylic acids is 2. The molecule has 0 aliphatic heterocycles. The zero-order chi connectivity index (χ0) is 17.4. The quantitative estimate of drug-likeness (QED) is 0.578. The predicted molar refractivity (Wildman–Crippen MR) is 93.3 cm³/mol. The van der Waals surface area contributed by atoms with E-state index in [1.165, 1.54) is 6.07 Å². The van der Waals surface area contributed by atoms with Crippen LogP contribution >= 0.6 is 0 Å². The van der Waals surface area contributed by atoms with Crippen molar-refractivity contribution >= 4 is 11.7 Å². The minimum atomic E-state index is -0.291. The molecule has 24 heavy (non-hydrogen) atoms. The van der Waals surface area contributed by atoms with E-state index in [0.29, 0.717) is 17.7 Å². The van der Waals surface area contributed by atoms with Crippen LogP contribution in [0.1, 0.15) is 43.0 Å². The van der Waals surface area contributed by atoms with Gasteiger partial charge >= 0.3 is 0 Å². The maximum atomic E-state index is 13.8. The normalized spacial score (nSPS) is 10.4. The first-order valence-corrected chi connectivity index (χ1v) is 8.26. The predicted octanol–water partition coefficient (Wildman–Crippen LogP) is 4.37. The molecule has 2 aromatic rings. The molecule has 0 saturated carbocycles. The first kappa shape index (κ1) is 17.9. The number of hydrogen-bond acceptors (Lipinski definition) is 2. The summed E-state index contributed by atoms with van der Waals surface area (Å²) in [6.45, 7) is 2.71. The minimum Gasteiger partial charge on any atom is -0.356 e. The second-order valence-corrected chi connectivity index (χ2v) is 5.68. The summed E-state index contributed by atoms with van der Waals surface area (Å²) < 4.78 is 13.8. The summed E-state index contributed by atoms with van der Waals surface area (Å²) in [5, 5.41) is 2.79. The molecule has 0 atom stereocenters. The number of rotatable bonds is 8. The van der Waals surface area contributed by atoms with Crippen molar-refractivity contribution in [2.75, 3.05) is 6.54 Å². The molecule has 0 spiro atoms. The highest BCUT2D eigenvalue weighted by Gasteiger charge is 2.10. The Balaban J connectivity index is 1.92. The molecule has 0 fully saturated rings. The molecule has 126 valence electrons. The molecule has 1 amide bonds. The van der Waals surface area contributed by atoms with Gasteiger partial charge in [-0.05, 0) is 18.1 Å². The van der Waals surface area contributed by atoms with Crippen LogP contribution in [0.3, 0.4) is 0 Å². The van der Waals surface area contributed by atoms with Gasteiger partial charge in [0.05, 0.1) is 0 Å².